The average molecular weight is 212 g/mol. The van der Waals surface area contributed by atoms with Gasteiger partial charge in [0.1, 0.15) is 5.75 Å². The smallest absolute Gasteiger partial charge is 0.251 e. The summed E-state index contributed by atoms with van der Waals surface area (Å²) in [5.41, 5.74) is 5.93. The molecule has 0 radical (unpaired) electrons. The van der Waals surface area contributed by atoms with Gasteiger partial charge in [0.05, 0.1) is 7.11 Å². The Morgan fingerprint density at radius 1 is 1.60 bits per heavy atom. The first-order valence-corrected chi connectivity index (χ1v) is 4.90. The molecule has 4 nitrogen and oxygen atoms in total. The standard InChI is InChI=1S/C11H16N2O2.2H2/c1-15-10-5-2-4-9(8-10)11(14)13-7-3-6-12;;/h2,4-5,8H,3,6-7,12H2,1H3,(H,13,14);2*1H. The lowest BCUT2D eigenvalue weighted by atomic mass is 10.2. The molecule has 0 atom stereocenters. The van der Waals surface area contributed by atoms with Gasteiger partial charge < -0.3 is 15.8 Å². The van der Waals surface area contributed by atoms with Crippen molar-refractivity contribution in [3.63, 3.8) is 0 Å². The van der Waals surface area contributed by atoms with E-state index in [1.54, 1.807) is 31.4 Å². The van der Waals surface area contributed by atoms with Gasteiger partial charge in [-0.1, -0.05) is 6.07 Å². The minimum Gasteiger partial charge on any atom is -0.497 e. The van der Waals surface area contributed by atoms with E-state index in [-0.39, 0.29) is 8.76 Å². The van der Waals surface area contributed by atoms with E-state index in [0.29, 0.717) is 24.4 Å². The zero-order valence-corrected chi connectivity index (χ0v) is 8.82. The number of rotatable bonds is 5. The van der Waals surface area contributed by atoms with Crippen molar-refractivity contribution in [3.05, 3.63) is 29.8 Å². The minimum absolute atomic E-state index is 0. The SMILES string of the molecule is COc1cccc(C(=O)NCCCN)c1.[HH].[HH]. The number of methoxy groups -OCH3 is 1. The number of benzene rings is 1. The number of hydrogen-bond acceptors (Lipinski definition) is 3. The van der Waals surface area contributed by atoms with Crippen LogP contribution in [-0.4, -0.2) is 26.1 Å². The molecule has 0 saturated heterocycles. The van der Waals surface area contributed by atoms with Crippen LogP contribution < -0.4 is 15.8 Å². The highest BCUT2D eigenvalue weighted by molar-refractivity contribution is 5.94. The van der Waals surface area contributed by atoms with Gasteiger partial charge in [-0.25, -0.2) is 0 Å². The molecule has 86 valence electrons. The highest BCUT2D eigenvalue weighted by Gasteiger charge is 2.04. The van der Waals surface area contributed by atoms with E-state index in [1.807, 2.05) is 0 Å². The highest BCUT2D eigenvalue weighted by atomic mass is 16.5. The van der Waals surface area contributed by atoms with E-state index in [1.165, 1.54) is 0 Å². The molecule has 3 N–H and O–H groups in total. The largest absolute Gasteiger partial charge is 0.497 e. The summed E-state index contributed by atoms with van der Waals surface area (Å²) in [4.78, 5) is 11.6. The fourth-order valence-corrected chi connectivity index (χ4v) is 1.17. The number of hydrogen-bond donors (Lipinski definition) is 2. The van der Waals surface area contributed by atoms with Gasteiger partial charge in [0.15, 0.2) is 0 Å². The molecule has 0 aliphatic heterocycles. The van der Waals surface area contributed by atoms with E-state index in [9.17, 15) is 4.79 Å². The highest BCUT2D eigenvalue weighted by Crippen LogP contribution is 2.12. The maximum atomic E-state index is 11.6. The van der Waals surface area contributed by atoms with E-state index < -0.39 is 0 Å². The minimum atomic E-state index is -0.0950. The van der Waals surface area contributed by atoms with Crippen molar-refractivity contribution in [2.45, 2.75) is 6.42 Å². The summed E-state index contributed by atoms with van der Waals surface area (Å²) in [6, 6.07) is 7.05. The summed E-state index contributed by atoms with van der Waals surface area (Å²) in [7, 11) is 1.57. The van der Waals surface area contributed by atoms with E-state index in [4.69, 9.17) is 10.5 Å². The summed E-state index contributed by atoms with van der Waals surface area (Å²) in [6.07, 6.45) is 0.787. The van der Waals surface area contributed by atoms with E-state index in [2.05, 4.69) is 5.32 Å². The first-order valence-electron chi connectivity index (χ1n) is 4.90. The molecule has 0 heterocycles. The van der Waals surface area contributed by atoms with Crippen molar-refractivity contribution in [2.24, 2.45) is 5.73 Å². The Balaban J connectivity index is 0. The fourth-order valence-electron chi connectivity index (χ4n) is 1.17. The van der Waals surface area contributed by atoms with Crippen LogP contribution in [0.5, 0.6) is 5.75 Å². The molecule has 0 bridgehead atoms. The number of carbonyl (C=O) groups is 1. The molecule has 15 heavy (non-hydrogen) atoms. The number of carbonyl (C=O) groups excluding carboxylic acids is 1. The first-order chi connectivity index (χ1) is 7.27. The third-order valence-corrected chi connectivity index (χ3v) is 2.00. The van der Waals surface area contributed by atoms with Crippen LogP contribution in [0.15, 0.2) is 24.3 Å². The van der Waals surface area contributed by atoms with Crippen molar-refractivity contribution in [2.75, 3.05) is 20.2 Å². The average Bonchev–Trinajstić information content (AvgIpc) is 2.29. The fraction of sp³-hybridized carbons (Fsp3) is 0.364. The van der Waals surface area contributed by atoms with Crippen LogP contribution in [0.2, 0.25) is 0 Å². The van der Waals surface area contributed by atoms with Gasteiger partial charge in [0, 0.05) is 15.0 Å². The Morgan fingerprint density at radius 3 is 3.07 bits per heavy atom. The summed E-state index contributed by atoms with van der Waals surface area (Å²) < 4.78 is 5.03. The summed E-state index contributed by atoms with van der Waals surface area (Å²) in [6.45, 7) is 1.19. The van der Waals surface area contributed by atoms with Crippen LogP contribution in [0.25, 0.3) is 0 Å². The van der Waals surface area contributed by atoms with Gasteiger partial charge in [0.25, 0.3) is 5.91 Å². The molecule has 0 unspecified atom stereocenters. The molecule has 1 aromatic rings. The predicted octanol–water partition coefficient (Wildman–Crippen LogP) is 1.27. The van der Waals surface area contributed by atoms with Gasteiger partial charge in [0.2, 0.25) is 0 Å². The second-order valence-corrected chi connectivity index (χ2v) is 3.13. The lowest BCUT2D eigenvalue weighted by Gasteiger charge is -2.05. The molecular formula is C11H20N2O2. The normalized spacial score (nSPS) is 9.73. The Kier molecular flexibility index (Phi) is 4.63. The Bertz CT molecular complexity index is 335. The van der Waals surface area contributed by atoms with Gasteiger partial charge in [-0.05, 0) is 31.2 Å². The van der Waals surface area contributed by atoms with Gasteiger partial charge >= 0.3 is 0 Å². The van der Waals surface area contributed by atoms with Crippen molar-refractivity contribution in [3.8, 4) is 5.75 Å². The lowest BCUT2D eigenvalue weighted by Crippen LogP contribution is -2.25. The molecule has 1 aromatic carbocycles. The molecule has 0 spiro atoms. The summed E-state index contributed by atoms with van der Waals surface area (Å²) in [5.74, 6) is 0.587. The predicted molar refractivity (Wildman–Crippen MR) is 63.2 cm³/mol. The van der Waals surface area contributed by atoms with Crippen LogP contribution in [0, 0.1) is 0 Å². The topological polar surface area (TPSA) is 64.3 Å². The number of nitrogens with two attached hydrogens (primary N) is 1. The quantitative estimate of drug-likeness (QED) is 0.722. The van der Waals surface area contributed by atoms with Crippen LogP contribution in [-0.2, 0) is 0 Å². The van der Waals surface area contributed by atoms with Crippen LogP contribution in [0.3, 0.4) is 0 Å². The summed E-state index contributed by atoms with van der Waals surface area (Å²) in [5, 5.41) is 2.78. The molecule has 4 heteroatoms. The molecular weight excluding hydrogens is 192 g/mol. The second-order valence-electron chi connectivity index (χ2n) is 3.13. The van der Waals surface area contributed by atoms with Gasteiger partial charge in [-0.3, -0.25) is 4.79 Å². The van der Waals surface area contributed by atoms with Crippen LogP contribution in [0.4, 0.5) is 0 Å². The molecule has 0 aromatic heterocycles. The maximum Gasteiger partial charge on any atom is 0.251 e. The molecule has 0 aliphatic rings. The number of amides is 1. The van der Waals surface area contributed by atoms with Crippen molar-refractivity contribution in [1.29, 1.82) is 0 Å². The van der Waals surface area contributed by atoms with Gasteiger partial charge in [-0.15, -0.1) is 0 Å². The lowest BCUT2D eigenvalue weighted by molar-refractivity contribution is 0.0953. The van der Waals surface area contributed by atoms with Crippen molar-refractivity contribution in [1.82, 2.24) is 5.32 Å². The Labute approximate surface area is 92.4 Å². The zero-order valence-electron chi connectivity index (χ0n) is 8.82. The second kappa shape index (κ2) is 6.03. The number of nitrogens with one attached hydrogen (secondary N) is 1. The van der Waals surface area contributed by atoms with Gasteiger partial charge in [-0.2, -0.15) is 0 Å². The molecule has 0 saturated carbocycles. The third-order valence-electron chi connectivity index (χ3n) is 2.00. The number of ether oxygens (including phenoxy) is 1. The monoisotopic (exact) mass is 212 g/mol. The molecule has 1 rings (SSSR count). The molecule has 1 amide bonds. The molecule has 0 aliphatic carbocycles. The molecule has 0 fully saturated rings. The van der Waals surface area contributed by atoms with Crippen LogP contribution >= 0.6 is 0 Å². The first kappa shape index (κ1) is 11.5. The van der Waals surface area contributed by atoms with E-state index >= 15 is 0 Å². The maximum absolute atomic E-state index is 11.6. The van der Waals surface area contributed by atoms with Crippen LogP contribution in [0.1, 0.15) is 19.6 Å². The zero-order chi connectivity index (χ0) is 11.1. The Morgan fingerprint density at radius 2 is 2.40 bits per heavy atom. The summed E-state index contributed by atoms with van der Waals surface area (Å²) >= 11 is 0. The Hall–Kier alpha value is -1.55. The van der Waals surface area contributed by atoms with E-state index in [0.717, 1.165) is 6.42 Å². The van der Waals surface area contributed by atoms with Crippen molar-refractivity contribution >= 4 is 5.91 Å². The van der Waals surface area contributed by atoms with Crippen molar-refractivity contribution < 1.29 is 12.4 Å². The third kappa shape index (κ3) is 3.59.